The molecule has 6 nitrogen and oxygen atoms in total. The van der Waals surface area contributed by atoms with Gasteiger partial charge in [0.1, 0.15) is 0 Å². The Labute approximate surface area is 135 Å². The normalized spacial score (nSPS) is 19.8. The number of rotatable bonds is 6. The van der Waals surface area contributed by atoms with E-state index in [1.807, 2.05) is 38.2 Å². The van der Waals surface area contributed by atoms with E-state index in [1.54, 1.807) is 16.2 Å². The molecule has 0 radical (unpaired) electrons. The SMILES string of the molecule is Cc1nc([C@@H](C)NC(=O)[C@H]2CC(=O)N(CCN(C)C)C2)cs1. The number of nitrogens with zero attached hydrogens (tertiary/aromatic N) is 3. The number of hydrogen-bond acceptors (Lipinski definition) is 5. The van der Waals surface area contributed by atoms with Crippen molar-refractivity contribution in [2.75, 3.05) is 33.7 Å². The monoisotopic (exact) mass is 324 g/mol. The molecule has 2 atom stereocenters. The highest BCUT2D eigenvalue weighted by molar-refractivity contribution is 7.09. The van der Waals surface area contributed by atoms with Crippen LogP contribution in [0.15, 0.2) is 5.38 Å². The fourth-order valence-corrected chi connectivity index (χ4v) is 3.18. The summed E-state index contributed by atoms with van der Waals surface area (Å²) in [5, 5.41) is 5.92. The summed E-state index contributed by atoms with van der Waals surface area (Å²) >= 11 is 1.57. The molecule has 0 aliphatic carbocycles. The van der Waals surface area contributed by atoms with Gasteiger partial charge >= 0.3 is 0 Å². The summed E-state index contributed by atoms with van der Waals surface area (Å²) in [5.74, 6) is -0.241. The first-order valence-electron chi connectivity index (χ1n) is 7.51. The Morgan fingerprint density at radius 3 is 2.91 bits per heavy atom. The van der Waals surface area contributed by atoms with Gasteiger partial charge in [-0.15, -0.1) is 11.3 Å². The van der Waals surface area contributed by atoms with E-state index in [0.29, 0.717) is 19.5 Å². The van der Waals surface area contributed by atoms with Gasteiger partial charge in [0.2, 0.25) is 11.8 Å². The highest BCUT2D eigenvalue weighted by atomic mass is 32.1. The molecule has 2 amide bonds. The lowest BCUT2D eigenvalue weighted by molar-refractivity contribution is -0.129. The molecule has 2 heterocycles. The molecule has 1 aromatic heterocycles. The standard InChI is InChI=1S/C15H24N4O2S/c1-10(13-9-22-11(2)17-13)16-15(21)12-7-14(20)19(8-12)6-5-18(3)4/h9-10,12H,5-8H2,1-4H3,(H,16,21)/t10-,12+/m1/s1. The van der Waals surface area contributed by atoms with E-state index in [2.05, 4.69) is 10.3 Å². The molecule has 1 N–H and O–H groups in total. The van der Waals surface area contributed by atoms with Gasteiger partial charge in [-0.3, -0.25) is 9.59 Å². The van der Waals surface area contributed by atoms with Crippen LogP contribution in [0.5, 0.6) is 0 Å². The summed E-state index contributed by atoms with van der Waals surface area (Å²) in [6, 6.07) is -0.122. The lowest BCUT2D eigenvalue weighted by Gasteiger charge is -2.19. The van der Waals surface area contributed by atoms with Gasteiger partial charge in [-0.25, -0.2) is 4.98 Å². The first-order chi connectivity index (χ1) is 10.4. The number of likely N-dealkylation sites (tertiary alicyclic amines) is 1. The van der Waals surface area contributed by atoms with Crippen molar-refractivity contribution in [3.8, 4) is 0 Å². The van der Waals surface area contributed by atoms with Crippen LogP contribution in [0, 0.1) is 12.8 Å². The van der Waals surface area contributed by atoms with Crippen molar-refractivity contribution in [3.05, 3.63) is 16.1 Å². The third kappa shape index (κ3) is 4.27. The Morgan fingerprint density at radius 1 is 1.59 bits per heavy atom. The molecule has 0 saturated carbocycles. The van der Waals surface area contributed by atoms with Gasteiger partial charge < -0.3 is 15.1 Å². The summed E-state index contributed by atoms with van der Waals surface area (Å²) in [7, 11) is 3.95. The second-order valence-electron chi connectivity index (χ2n) is 6.07. The fraction of sp³-hybridized carbons (Fsp3) is 0.667. The molecule has 1 aromatic rings. The minimum absolute atomic E-state index is 0.0566. The van der Waals surface area contributed by atoms with Crippen LogP contribution < -0.4 is 5.32 Å². The van der Waals surface area contributed by atoms with E-state index in [-0.39, 0.29) is 23.8 Å². The van der Waals surface area contributed by atoms with Crippen LogP contribution >= 0.6 is 11.3 Å². The molecular weight excluding hydrogens is 300 g/mol. The van der Waals surface area contributed by atoms with Gasteiger partial charge in [0.25, 0.3) is 0 Å². The van der Waals surface area contributed by atoms with E-state index in [1.165, 1.54) is 0 Å². The Bertz CT molecular complexity index is 543. The average Bonchev–Trinajstić information content (AvgIpc) is 3.02. The van der Waals surface area contributed by atoms with Gasteiger partial charge in [-0.05, 0) is 27.9 Å². The molecule has 1 fully saturated rings. The quantitative estimate of drug-likeness (QED) is 0.849. The summed E-state index contributed by atoms with van der Waals surface area (Å²) < 4.78 is 0. The number of aryl methyl sites for hydroxylation is 1. The van der Waals surface area contributed by atoms with Crippen molar-refractivity contribution in [1.82, 2.24) is 20.1 Å². The molecular formula is C15H24N4O2S. The van der Waals surface area contributed by atoms with Crippen molar-refractivity contribution >= 4 is 23.2 Å². The van der Waals surface area contributed by atoms with Gasteiger partial charge in [-0.1, -0.05) is 0 Å². The van der Waals surface area contributed by atoms with Crippen LogP contribution in [0.1, 0.15) is 30.1 Å². The summed E-state index contributed by atoms with van der Waals surface area (Å²) in [5.41, 5.74) is 0.879. The molecule has 0 unspecified atom stereocenters. The van der Waals surface area contributed by atoms with E-state index in [0.717, 1.165) is 17.2 Å². The Balaban J connectivity index is 1.87. The second kappa shape index (κ2) is 7.19. The molecule has 1 aliphatic heterocycles. The molecule has 0 bridgehead atoms. The largest absolute Gasteiger partial charge is 0.348 e. The second-order valence-corrected chi connectivity index (χ2v) is 7.13. The first-order valence-corrected chi connectivity index (χ1v) is 8.39. The third-order valence-electron chi connectivity index (χ3n) is 3.84. The van der Waals surface area contributed by atoms with E-state index in [4.69, 9.17) is 0 Å². The van der Waals surface area contributed by atoms with Crippen LogP contribution in [0.2, 0.25) is 0 Å². The number of carbonyl (C=O) groups excluding carboxylic acids is 2. The summed E-state index contributed by atoms with van der Waals surface area (Å²) in [4.78, 5) is 32.5. The predicted octanol–water partition coefficient (Wildman–Crippen LogP) is 1.04. The average molecular weight is 324 g/mol. The molecule has 2 rings (SSSR count). The maximum absolute atomic E-state index is 12.3. The Morgan fingerprint density at radius 2 is 2.32 bits per heavy atom. The van der Waals surface area contributed by atoms with Gasteiger partial charge in [-0.2, -0.15) is 0 Å². The molecule has 7 heteroatoms. The Hall–Kier alpha value is -1.47. The van der Waals surface area contributed by atoms with Crippen LogP contribution in [-0.2, 0) is 9.59 Å². The zero-order valence-electron chi connectivity index (χ0n) is 13.6. The lowest BCUT2D eigenvalue weighted by Crippen LogP contribution is -2.36. The minimum Gasteiger partial charge on any atom is -0.348 e. The van der Waals surface area contributed by atoms with Crippen molar-refractivity contribution < 1.29 is 9.59 Å². The van der Waals surface area contributed by atoms with Gasteiger partial charge in [0.05, 0.1) is 22.7 Å². The lowest BCUT2D eigenvalue weighted by atomic mass is 10.1. The predicted molar refractivity (Wildman–Crippen MR) is 86.6 cm³/mol. The van der Waals surface area contributed by atoms with E-state index >= 15 is 0 Å². The summed E-state index contributed by atoms with van der Waals surface area (Å²) in [6.07, 6.45) is 0.308. The number of carbonyl (C=O) groups is 2. The smallest absolute Gasteiger partial charge is 0.225 e. The zero-order chi connectivity index (χ0) is 16.3. The topological polar surface area (TPSA) is 65.5 Å². The van der Waals surface area contributed by atoms with Crippen LogP contribution in [0.4, 0.5) is 0 Å². The van der Waals surface area contributed by atoms with E-state index in [9.17, 15) is 9.59 Å². The number of likely N-dealkylation sites (N-methyl/N-ethyl adjacent to an activating group) is 1. The molecule has 0 aromatic carbocycles. The van der Waals surface area contributed by atoms with E-state index < -0.39 is 0 Å². The third-order valence-corrected chi connectivity index (χ3v) is 4.63. The highest BCUT2D eigenvalue weighted by Crippen LogP contribution is 2.20. The van der Waals surface area contributed by atoms with Crippen molar-refractivity contribution in [2.45, 2.75) is 26.3 Å². The van der Waals surface area contributed by atoms with Crippen LogP contribution in [-0.4, -0.2) is 60.3 Å². The minimum atomic E-state index is -0.253. The van der Waals surface area contributed by atoms with Crippen LogP contribution in [0.25, 0.3) is 0 Å². The fourth-order valence-electron chi connectivity index (χ4n) is 2.47. The molecule has 1 aliphatic rings. The number of amides is 2. The zero-order valence-corrected chi connectivity index (χ0v) is 14.4. The molecule has 122 valence electrons. The van der Waals surface area contributed by atoms with Gasteiger partial charge in [0, 0.05) is 31.4 Å². The molecule has 1 saturated heterocycles. The Kier molecular flexibility index (Phi) is 5.52. The highest BCUT2D eigenvalue weighted by Gasteiger charge is 2.34. The van der Waals surface area contributed by atoms with Crippen molar-refractivity contribution in [3.63, 3.8) is 0 Å². The van der Waals surface area contributed by atoms with Crippen LogP contribution in [0.3, 0.4) is 0 Å². The maximum Gasteiger partial charge on any atom is 0.225 e. The van der Waals surface area contributed by atoms with Crippen molar-refractivity contribution in [2.24, 2.45) is 5.92 Å². The van der Waals surface area contributed by atoms with Crippen molar-refractivity contribution in [1.29, 1.82) is 0 Å². The number of nitrogens with one attached hydrogen (secondary N) is 1. The number of thiazole rings is 1. The number of aromatic nitrogens is 1. The summed E-state index contributed by atoms with van der Waals surface area (Å²) in [6.45, 7) is 5.88. The van der Waals surface area contributed by atoms with Gasteiger partial charge in [0.15, 0.2) is 0 Å². The number of hydrogen-bond donors (Lipinski definition) is 1. The first kappa shape index (κ1) is 16.9. The molecule has 22 heavy (non-hydrogen) atoms. The maximum atomic E-state index is 12.3. The molecule has 0 spiro atoms.